The fourth-order valence-electron chi connectivity index (χ4n) is 2.00. The summed E-state index contributed by atoms with van der Waals surface area (Å²) < 4.78 is 19.7. The number of nitrogens with two attached hydrogens (primary N) is 1. The van der Waals surface area contributed by atoms with Crippen molar-refractivity contribution in [2.24, 2.45) is 5.84 Å². The number of halogens is 2. The van der Waals surface area contributed by atoms with E-state index in [1.165, 1.54) is 6.07 Å². The number of rotatable bonds is 6. The van der Waals surface area contributed by atoms with Crippen LogP contribution < -0.4 is 16.0 Å². The summed E-state index contributed by atoms with van der Waals surface area (Å²) in [5, 5.41) is 0.0547. The molecule has 3 N–H and O–H groups in total. The molecule has 21 heavy (non-hydrogen) atoms. The Balaban J connectivity index is 2.35. The number of ether oxygens (including phenoxy) is 1. The minimum Gasteiger partial charge on any atom is -0.492 e. The molecule has 1 aromatic heterocycles. The predicted octanol–water partition coefficient (Wildman–Crippen LogP) is 3.22. The summed E-state index contributed by atoms with van der Waals surface area (Å²) in [4.78, 5) is 4.11. The fraction of sp³-hybridized carbons (Fsp3) is 0.267. The van der Waals surface area contributed by atoms with Gasteiger partial charge in [0, 0.05) is 11.8 Å². The van der Waals surface area contributed by atoms with E-state index < -0.39 is 11.9 Å². The van der Waals surface area contributed by atoms with Crippen molar-refractivity contribution in [1.29, 1.82) is 0 Å². The minimum absolute atomic E-state index is 0.0547. The van der Waals surface area contributed by atoms with Gasteiger partial charge in [-0.15, -0.1) is 0 Å². The van der Waals surface area contributed by atoms with E-state index in [0.29, 0.717) is 23.5 Å². The Hall–Kier alpha value is -1.69. The zero-order valence-electron chi connectivity index (χ0n) is 11.6. The number of benzene rings is 1. The molecule has 112 valence electrons. The third kappa shape index (κ3) is 3.69. The van der Waals surface area contributed by atoms with Crippen molar-refractivity contribution in [3.63, 3.8) is 0 Å². The number of hydrogen-bond acceptors (Lipinski definition) is 4. The highest BCUT2D eigenvalue weighted by atomic mass is 35.5. The van der Waals surface area contributed by atoms with Crippen LogP contribution in [0.25, 0.3) is 0 Å². The maximum Gasteiger partial charge on any atom is 0.146 e. The van der Waals surface area contributed by atoms with Crippen LogP contribution in [-0.2, 0) is 0 Å². The Morgan fingerprint density at radius 2 is 2.24 bits per heavy atom. The average molecular weight is 310 g/mol. The molecule has 0 spiro atoms. The zero-order chi connectivity index (χ0) is 15.2. The van der Waals surface area contributed by atoms with Crippen molar-refractivity contribution < 1.29 is 9.13 Å². The van der Waals surface area contributed by atoms with Crippen LogP contribution in [0, 0.1) is 5.82 Å². The second kappa shape index (κ2) is 7.36. The van der Waals surface area contributed by atoms with Crippen LogP contribution in [0.15, 0.2) is 36.7 Å². The Bertz CT molecular complexity index is 609. The summed E-state index contributed by atoms with van der Waals surface area (Å²) in [5.41, 5.74) is 3.65. The van der Waals surface area contributed by atoms with Gasteiger partial charge >= 0.3 is 0 Å². The highest BCUT2D eigenvalue weighted by Crippen LogP contribution is 2.28. The molecule has 4 nitrogen and oxygen atoms in total. The lowest BCUT2D eigenvalue weighted by molar-refractivity contribution is 0.315. The van der Waals surface area contributed by atoms with E-state index in [9.17, 15) is 4.39 Å². The molecule has 1 heterocycles. The van der Waals surface area contributed by atoms with Gasteiger partial charge < -0.3 is 4.74 Å². The number of aromatic nitrogens is 1. The Kier molecular flexibility index (Phi) is 5.50. The van der Waals surface area contributed by atoms with Gasteiger partial charge in [0.1, 0.15) is 11.6 Å². The van der Waals surface area contributed by atoms with Crippen molar-refractivity contribution in [3.8, 4) is 5.75 Å². The third-order valence-electron chi connectivity index (χ3n) is 3.00. The van der Waals surface area contributed by atoms with Gasteiger partial charge in [0.25, 0.3) is 0 Å². The first-order valence-electron chi connectivity index (χ1n) is 6.65. The maximum absolute atomic E-state index is 14.1. The van der Waals surface area contributed by atoms with E-state index in [-0.39, 0.29) is 5.02 Å². The molecule has 6 heteroatoms. The van der Waals surface area contributed by atoms with Gasteiger partial charge in [0.05, 0.1) is 23.9 Å². The normalized spacial score (nSPS) is 12.2. The molecule has 0 saturated carbocycles. The highest BCUT2D eigenvalue weighted by molar-refractivity contribution is 6.30. The molecule has 1 unspecified atom stereocenters. The SMILES string of the molecule is CCCOc1cncc(C(NN)c2cccc(Cl)c2F)c1. The monoisotopic (exact) mass is 309 g/mol. The predicted molar refractivity (Wildman–Crippen MR) is 80.6 cm³/mol. The van der Waals surface area contributed by atoms with Crippen LogP contribution in [0.2, 0.25) is 5.02 Å². The largest absolute Gasteiger partial charge is 0.492 e. The summed E-state index contributed by atoms with van der Waals surface area (Å²) in [6, 6.07) is 6.03. The third-order valence-corrected chi connectivity index (χ3v) is 3.29. The van der Waals surface area contributed by atoms with Crippen molar-refractivity contribution in [2.45, 2.75) is 19.4 Å². The number of hydrogen-bond donors (Lipinski definition) is 2. The van der Waals surface area contributed by atoms with Crippen LogP contribution in [0.3, 0.4) is 0 Å². The lowest BCUT2D eigenvalue weighted by atomic mass is 10.00. The van der Waals surface area contributed by atoms with E-state index in [4.69, 9.17) is 22.2 Å². The first-order chi connectivity index (χ1) is 10.2. The molecular formula is C15H17ClFN3O. The molecule has 2 rings (SSSR count). The van der Waals surface area contributed by atoms with E-state index in [0.717, 1.165) is 6.42 Å². The van der Waals surface area contributed by atoms with E-state index in [1.54, 1.807) is 30.6 Å². The maximum atomic E-state index is 14.1. The minimum atomic E-state index is -0.554. The number of nitrogens with zero attached hydrogens (tertiary/aromatic N) is 1. The smallest absolute Gasteiger partial charge is 0.146 e. The van der Waals surface area contributed by atoms with Crippen LogP contribution in [0.5, 0.6) is 5.75 Å². The summed E-state index contributed by atoms with van der Waals surface area (Å²) in [7, 11) is 0. The topological polar surface area (TPSA) is 60.2 Å². The molecule has 0 fully saturated rings. The Morgan fingerprint density at radius 3 is 2.95 bits per heavy atom. The summed E-state index contributed by atoms with van der Waals surface area (Å²) in [6.07, 6.45) is 4.12. The Labute approximate surface area is 128 Å². The number of nitrogens with one attached hydrogen (secondary N) is 1. The van der Waals surface area contributed by atoms with Crippen molar-refractivity contribution in [3.05, 3.63) is 58.6 Å². The lowest BCUT2D eigenvalue weighted by Gasteiger charge is -2.18. The van der Waals surface area contributed by atoms with E-state index >= 15 is 0 Å². The molecule has 2 aromatic rings. The van der Waals surface area contributed by atoms with Gasteiger partial charge in [-0.2, -0.15) is 0 Å². The first-order valence-corrected chi connectivity index (χ1v) is 7.03. The molecule has 0 bridgehead atoms. The second-order valence-electron chi connectivity index (χ2n) is 4.55. The number of hydrazine groups is 1. The van der Waals surface area contributed by atoms with E-state index in [2.05, 4.69) is 10.4 Å². The molecule has 0 amide bonds. The Morgan fingerprint density at radius 1 is 1.43 bits per heavy atom. The zero-order valence-corrected chi connectivity index (χ0v) is 12.4. The standard InChI is InChI=1S/C15H17ClFN3O/c1-2-6-21-11-7-10(8-19-9-11)15(20-18)12-4-3-5-13(16)14(12)17/h3-5,7-9,15,20H,2,6,18H2,1H3. The lowest BCUT2D eigenvalue weighted by Crippen LogP contribution is -2.29. The van der Waals surface area contributed by atoms with Crippen LogP contribution >= 0.6 is 11.6 Å². The molecule has 1 atom stereocenters. The van der Waals surface area contributed by atoms with Gasteiger partial charge in [-0.25, -0.2) is 9.82 Å². The molecular weight excluding hydrogens is 293 g/mol. The molecule has 0 radical (unpaired) electrons. The first kappa shape index (κ1) is 15.7. The van der Waals surface area contributed by atoms with Crippen LogP contribution in [0.4, 0.5) is 4.39 Å². The second-order valence-corrected chi connectivity index (χ2v) is 4.95. The molecule has 0 saturated heterocycles. The summed E-state index contributed by atoms with van der Waals surface area (Å²) in [6.45, 7) is 2.61. The molecule has 1 aromatic carbocycles. The molecule has 0 aliphatic heterocycles. The van der Waals surface area contributed by atoms with E-state index in [1.807, 2.05) is 6.92 Å². The van der Waals surface area contributed by atoms with Crippen LogP contribution in [-0.4, -0.2) is 11.6 Å². The molecule has 0 aliphatic rings. The van der Waals surface area contributed by atoms with Crippen molar-refractivity contribution in [2.75, 3.05) is 6.61 Å². The van der Waals surface area contributed by atoms with Crippen molar-refractivity contribution >= 4 is 11.6 Å². The van der Waals surface area contributed by atoms with Gasteiger partial charge in [-0.3, -0.25) is 10.8 Å². The summed E-state index contributed by atoms with van der Waals surface area (Å²) in [5.74, 6) is 5.70. The summed E-state index contributed by atoms with van der Waals surface area (Å²) >= 11 is 5.82. The average Bonchev–Trinajstić information content (AvgIpc) is 2.50. The highest BCUT2D eigenvalue weighted by Gasteiger charge is 2.19. The van der Waals surface area contributed by atoms with Gasteiger partial charge in [-0.1, -0.05) is 30.7 Å². The fourth-order valence-corrected chi connectivity index (χ4v) is 2.18. The van der Waals surface area contributed by atoms with Gasteiger partial charge in [-0.05, 0) is 24.1 Å². The quantitative estimate of drug-likeness (QED) is 0.635. The molecule has 0 aliphatic carbocycles. The van der Waals surface area contributed by atoms with Crippen LogP contribution in [0.1, 0.15) is 30.5 Å². The van der Waals surface area contributed by atoms with Crippen molar-refractivity contribution in [1.82, 2.24) is 10.4 Å². The number of pyridine rings is 1. The van der Waals surface area contributed by atoms with Gasteiger partial charge in [0.2, 0.25) is 0 Å². The van der Waals surface area contributed by atoms with Gasteiger partial charge in [0.15, 0.2) is 0 Å².